The maximum atomic E-state index is 13.3. The van der Waals surface area contributed by atoms with Crippen LogP contribution in [0.5, 0.6) is 0 Å². The number of fused-ring (bicyclic) bond motifs is 1. The lowest BCUT2D eigenvalue weighted by Crippen LogP contribution is -2.47. The molecule has 0 bridgehead atoms. The van der Waals surface area contributed by atoms with Crippen molar-refractivity contribution in [2.24, 2.45) is 0 Å². The fourth-order valence-electron chi connectivity index (χ4n) is 3.76. The number of anilines is 2. The SMILES string of the molecule is CCOC(=O)/C(C#N)=C/c1c(N2CCN(c3ccccc3)CC2)nc2ccccn2c1=O. The Kier molecular flexibility index (Phi) is 6.17. The Labute approximate surface area is 185 Å². The number of rotatable bonds is 5. The summed E-state index contributed by atoms with van der Waals surface area (Å²) >= 11 is 0. The predicted octanol–water partition coefficient (Wildman–Crippen LogP) is 2.49. The van der Waals surface area contributed by atoms with Crippen molar-refractivity contribution >= 4 is 29.2 Å². The number of para-hydroxylation sites is 1. The van der Waals surface area contributed by atoms with Crippen LogP contribution in [0.25, 0.3) is 11.7 Å². The number of ether oxygens (including phenoxy) is 1. The molecular weight excluding hydrogens is 406 g/mol. The maximum Gasteiger partial charge on any atom is 0.348 e. The number of piperazine rings is 1. The van der Waals surface area contributed by atoms with Gasteiger partial charge in [0.25, 0.3) is 5.56 Å². The maximum absolute atomic E-state index is 13.3. The van der Waals surface area contributed by atoms with Crippen LogP contribution in [0, 0.1) is 11.3 Å². The highest BCUT2D eigenvalue weighted by Crippen LogP contribution is 2.23. The minimum Gasteiger partial charge on any atom is -0.462 e. The van der Waals surface area contributed by atoms with Gasteiger partial charge in [-0.2, -0.15) is 5.26 Å². The van der Waals surface area contributed by atoms with E-state index in [4.69, 9.17) is 9.72 Å². The lowest BCUT2D eigenvalue weighted by molar-refractivity contribution is -0.137. The van der Waals surface area contributed by atoms with Crippen molar-refractivity contribution in [3.05, 3.63) is 76.2 Å². The minimum absolute atomic E-state index is 0.140. The molecule has 1 aliphatic rings. The van der Waals surface area contributed by atoms with Crippen LogP contribution in [0.15, 0.2) is 65.1 Å². The number of esters is 1. The van der Waals surface area contributed by atoms with Gasteiger partial charge in [-0.15, -0.1) is 0 Å². The average molecular weight is 429 g/mol. The Morgan fingerprint density at radius 3 is 2.47 bits per heavy atom. The molecule has 0 N–H and O–H groups in total. The zero-order valence-corrected chi connectivity index (χ0v) is 17.8. The molecular formula is C24H23N5O3. The summed E-state index contributed by atoms with van der Waals surface area (Å²) in [6, 6.07) is 17.3. The number of nitrogens with zero attached hydrogens (tertiary/aromatic N) is 5. The first-order valence-electron chi connectivity index (χ1n) is 10.5. The molecule has 0 spiro atoms. The van der Waals surface area contributed by atoms with Gasteiger partial charge < -0.3 is 14.5 Å². The van der Waals surface area contributed by atoms with E-state index < -0.39 is 5.97 Å². The summed E-state index contributed by atoms with van der Waals surface area (Å²) in [6.07, 6.45) is 2.92. The summed E-state index contributed by atoms with van der Waals surface area (Å²) in [5.74, 6) is -0.293. The van der Waals surface area contributed by atoms with Crippen LogP contribution in [0.4, 0.5) is 11.5 Å². The first-order valence-corrected chi connectivity index (χ1v) is 10.5. The normalized spacial score (nSPS) is 14.3. The van der Waals surface area contributed by atoms with Crippen LogP contribution in [0.3, 0.4) is 0 Å². The highest BCUT2D eigenvalue weighted by molar-refractivity contribution is 5.98. The molecule has 8 heteroatoms. The number of hydrogen-bond acceptors (Lipinski definition) is 7. The molecule has 8 nitrogen and oxygen atoms in total. The Morgan fingerprint density at radius 1 is 1.09 bits per heavy atom. The van der Waals surface area contributed by atoms with Gasteiger partial charge in [0.15, 0.2) is 0 Å². The number of pyridine rings is 1. The first kappa shape index (κ1) is 21.1. The number of benzene rings is 1. The molecule has 0 unspecified atom stereocenters. The van der Waals surface area contributed by atoms with Crippen molar-refractivity contribution in [1.29, 1.82) is 5.26 Å². The van der Waals surface area contributed by atoms with Gasteiger partial charge in [-0.05, 0) is 37.3 Å². The second kappa shape index (κ2) is 9.35. The summed E-state index contributed by atoms with van der Waals surface area (Å²) in [5, 5.41) is 9.48. The molecule has 4 rings (SSSR count). The van der Waals surface area contributed by atoms with E-state index in [2.05, 4.69) is 17.0 Å². The van der Waals surface area contributed by atoms with Crippen molar-refractivity contribution in [2.45, 2.75) is 6.92 Å². The zero-order valence-electron chi connectivity index (χ0n) is 17.8. The Hall–Kier alpha value is -4.12. The molecule has 1 saturated heterocycles. The topological polar surface area (TPSA) is 90.9 Å². The fourth-order valence-corrected chi connectivity index (χ4v) is 3.76. The number of carbonyl (C=O) groups is 1. The number of aromatic nitrogens is 2. The van der Waals surface area contributed by atoms with Gasteiger partial charge >= 0.3 is 5.97 Å². The van der Waals surface area contributed by atoms with Gasteiger partial charge in [-0.3, -0.25) is 9.20 Å². The van der Waals surface area contributed by atoms with Gasteiger partial charge in [0.2, 0.25) is 0 Å². The van der Waals surface area contributed by atoms with Crippen LogP contribution in [0.2, 0.25) is 0 Å². The number of nitriles is 1. The summed E-state index contributed by atoms with van der Waals surface area (Å²) in [7, 11) is 0. The molecule has 1 fully saturated rings. The Morgan fingerprint density at radius 2 is 1.78 bits per heavy atom. The van der Waals surface area contributed by atoms with E-state index in [1.807, 2.05) is 35.2 Å². The molecule has 1 aliphatic heterocycles. The second-order valence-corrected chi connectivity index (χ2v) is 7.28. The molecule has 1 aromatic carbocycles. The fraction of sp³-hybridized carbons (Fsp3) is 0.250. The summed E-state index contributed by atoms with van der Waals surface area (Å²) in [4.78, 5) is 34.5. The smallest absolute Gasteiger partial charge is 0.348 e. The summed E-state index contributed by atoms with van der Waals surface area (Å²) in [5.41, 5.74) is 1.28. The highest BCUT2D eigenvalue weighted by atomic mass is 16.5. The highest BCUT2D eigenvalue weighted by Gasteiger charge is 2.24. The van der Waals surface area contributed by atoms with Gasteiger partial charge in [-0.1, -0.05) is 24.3 Å². The van der Waals surface area contributed by atoms with Crippen molar-refractivity contribution in [3.8, 4) is 6.07 Å². The van der Waals surface area contributed by atoms with Gasteiger partial charge in [0.1, 0.15) is 23.1 Å². The van der Waals surface area contributed by atoms with Crippen LogP contribution in [-0.2, 0) is 9.53 Å². The lowest BCUT2D eigenvalue weighted by Gasteiger charge is -2.37. The van der Waals surface area contributed by atoms with Crippen LogP contribution in [-0.4, -0.2) is 48.1 Å². The Balaban J connectivity index is 1.74. The number of hydrogen-bond donors (Lipinski definition) is 0. The van der Waals surface area contributed by atoms with Crippen molar-refractivity contribution in [3.63, 3.8) is 0 Å². The largest absolute Gasteiger partial charge is 0.462 e. The molecule has 0 saturated carbocycles. The average Bonchev–Trinajstić information content (AvgIpc) is 2.84. The molecule has 32 heavy (non-hydrogen) atoms. The van der Waals surface area contributed by atoms with E-state index in [9.17, 15) is 14.9 Å². The van der Waals surface area contributed by atoms with Crippen molar-refractivity contribution < 1.29 is 9.53 Å². The first-order chi connectivity index (χ1) is 15.6. The van der Waals surface area contributed by atoms with Crippen LogP contribution < -0.4 is 15.4 Å². The molecule has 0 atom stereocenters. The molecule has 2 aromatic heterocycles. The van der Waals surface area contributed by atoms with Crippen molar-refractivity contribution in [1.82, 2.24) is 9.38 Å². The standard InChI is InChI=1S/C24H23N5O3/c1-2-32-24(31)18(17-25)16-20-22(26-21-10-6-7-11-29(21)23(20)30)28-14-12-27(13-15-28)19-8-4-3-5-9-19/h3-11,16H,2,12-15H2,1H3/b18-16+. The molecule has 0 aliphatic carbocycles. The van der Waals surface area contributed by atoms with E-state index in [1.54, 1.807) is 25.3 Å². The van der Waals surface area contributed by atoms with Crippen molar-refractivity contribution in [2.75, 3.05) is 42.6 Å². The van der Waals surface area contributed by atoms with E-state index in [0.29, 0.717) is 24.6 Å². The molecule has 0 radical (unpaired) electrons. The third-order valence-electron chi connectivity index (χ3n) is 5.35. The van der Waals surface area contributed by atoms with Crippen LogP contribution >= 0.6 is 0 Å². The lowest BCUT2D eigenvalue weighted by atomic mass is 10.1. The van der Waals surface area contributed by atoms with E-state index in [1.165, 1.54) is 10.5 Å². The van der Waals surface area contributed by atoms with Gasteiger partial charge in [-0.25, -0.2) is 9.78 Å². The molecule has 3 aromatic rings. The monoisotopic (exact) mass is 429 g/mol. The van der Waals surface area contributed by atoms with E-state index in [0.717, 1.165) is 18.8 Å². The van der Waals surface area contributed by atoms with Crippen LogP contribution in [0.1, 0.15) is 12.5 Å². The minimum atomic E-state index is -0.757. The molecule has 0 amide bonds. The summed E-state index contributed by atoms with van der Waals surface area (Å²) < 4.78 is 6.38. The Bertz CT molecular complexity index is 1250. The summed E-state index contributed by atoms with van der Waals surface area (Å²) in [6.45, 7) is 4.61. The predicted molar refractivity (Wildman–Crippen MR) is 123 cm³/mol. The van der Waals surface area contributed by atoms with Gasteiger partial charge in [0, 0.05) is 38.1 Å². The molecule has 162 valence electrons. The number of carbonyl (C=O) groups excluding carboxylic acids is 1. The second-order valence-electron chi connectivity index (χ2n) is 7.28. The third kappa shape index (κ3) is 4.18. The van der Waals surface area contributed by atoms with Gasteiger partial charge in [0.05, 0.1) is 12.2 Å². The van der Waals surface area contributed by atoms with E-state index in [-0.39, 0.29) is 23.3 Å². The molecule has 3 heterocycles. The quantitative estimate of drug-likeness (QED) is 0.350. The zero-order chi connectivity index (χ0) is 22.5. The van der Waals surface area contributed by atoms with E-state index >= 15 is 0 Å². The third-order valence-corrected chi connectivity index (χ3v) is 5.35.